The molecule has 0 radical (unpaired) electrons. The van der Waals surface area contributed by atoms with Crippen molar-refractivity contribution in [1.82, 2.24) is 9.97 Å². The number of hydrogen-bond donors (Lipinski definition) is 3. The number of nitrogens with zero attached hydrogens (tertiary/aromatic N) is 1. The number of rotatable bonds is 3. The molecule has 0 aliphatic carbocycles. The van der Waals surface area contributed by atoms with E-state index >= 15 is 0 Å². The van der Waals surface area contributed by atoms with Crippen molar-refractivity contribution in [2.75, 3.05) is 18.0 Å². The molecule has 1 aliphatic heterocycles. The van der Waals surface area contributed by atoms with Gasteiger partial charge in [-0.25, -0.2) is 4.79 Å². The number of benzene rings is 1. The number of aromatic amines is 2. The second kappa shape index (κ2) is 6.42. The highest BCUT2D eigenvalue weighted by Gasteiger charge is 2.11. The lowest BCUT2D eigenvalue weighted by atomic mass is 10.2. The topological polar surface area (TPSA) is 89.2 Å². The maximum absolute atomic E-state index is 11.6. The van der Waals surface area contributed by atoms with Gasteiger partial charge in [0.05, 0.1) is 0 Å². The van der Waals surface area contributed by atoms with Gasteiger partial charge in [0, 0.05) is 18.8 Å². The average Bonchev–Trinajstić information content (AvgIpc) is 3.05. The Kier molecular flexibility index (Phi) is 4.17. The molecule has 1 saturated heterocycles. The van der Waals surface area contributed by atoms with Crippen molar-refractivity contribution in [3.8, 4) is 5.88 Å². The molecule has 0 atom stereocenters. The Morgan fingerprint density at radius 2 is 1.74 bits per heavy atom. The number of aromatic nitrogens is 2. The molecule has 6 heteroatoms. The van der Waals surface area contributed by atoms with Crippen LogP contribution in [-0.2, 0) is 0 Å². The fourth-order valence-corrected chi connectivity index (χ4v) is 2.60. The van der Waals surface area contributed by atoms with Gasteiger partial charge in [-0.15, -0.1) is 5.73 Å². The first kappa shape index (κ1) is 14.9. The summed E-state index contributed by atoms with van der Waals surface area (Å²) >= 11 is 0. The summed E-state index contributed by atoms with van der Waals surface area (Å²) in [5.41, 5.74) is 3.55. The summed E-state index contributed by atoms with van der Waals surface area (Å²) in [6.07, 6.45) is 5.51. The highest BCUT2D eigenvalue weighted by Crippen LogP contribution is 2.20. The zero-order chi connectivity index (χ0) is 16.2. The van der Waals surface area contributed by atoms with E-state index in [2.05, 4.69) is 27.7 Å². The quantitative estimate of drug-likeness (QED) is 0.753. The van der Waals surface area contributed by atoms with Gasteiger partial charge in [-0.05, 0) is 42.7 Å². The fourth-order valence-electron chi connectivity index (χ4n) is 2.60. The minimum Gasteiger partial charge on any atom is -0.494 e. The van der Waals surface area contributed by atoms with Gasteiger partial charge < -0.3 is 10.0 Å². The second-order valence-electron chi connectivity index (χ2n) is 5.41. The van der Waals surface area contributed by atoms with E-state index in [9.17, 15) is 14.7 Å². The molecule has 2 aromatic rings. The number of aromatic hydroxyl groups is 1. The van der Waals surface area contributed by atoms with Crippen LogP contribution in [-0.4, -0.2) is 28.2 Å². The zero-order valence-electron chi connectivity index (χ0n) is 12.5. The van der Waals surface area contributed by atoms with Crippen molar-refractivity contribution in [2.45, 2.75) is 12.8 Å². The van der Waals surface area contributed by atoms with E-state index in [-0.39, 0.29) is 5.56 Å². The second-order valence-corrected chi connectivity index (χ2v) is 5.41. The Hall–Kier alpha value is -2.98. The Morgan fingerprint density at radius 1 is 1.04 bits per heavy atom. The molecule has 1 aromatic carbocycles. The molecular formula is C17H17N3O3. The highest BCUT2D eigenvalue weighted by molar-refractivity contribution is 5.61. The lowest BCUT2D eigenvalue weighted by molar-refractivity contribution is 0.447. The highest BCUT2D eigenvalue weighted by atomic mass is 16.3. The molecule has 3 N–H and O–H groups in total. The van der Waals surface area contributed by atoms with Crippen LogP contribution in [0.4, 0.5) is 5.69 Å². The molecule has 1 aromatic heterocycles. The predicted molar refractivity (Wildman–Crippen MR) is 89.7 cm³/mol. The summed E-state index contributed by atoms with van der Waals surface area (Å²) in [6, 6.07) is 8.07. The summed E-state index contributed by atoms with van der Waals surface area (Å²) in [5.74, 6) is -0.468. The Bertz CT molecular complexity index is 865. The lowest BCUT2D eigenvalue weighted by Gasteiger charge is -2.17. The number of hydrogen-bond acceptors (Lipinski definition) is 4. The van der Waals surface area contributed by atoms with Gasteiger partial charge in [0.1, 0.15) is 5.56 Å². The molecule has 1 aliphatic rings. The third kappa shape index (κ3) is 3.44. The van der Waals surface area contributed by atoms with Crippen molar-refractivity contribution in [3.63, 3.8) is 0 Å². The van der Waals surface area contributed by atoms with Crippen molar-refractivity contribution in [2.24, 2.45) is 0 Å². The molecule has 6 nitrogen and oxygen atoms in total. The van der Waals surface area contributed by atoms with E-state index in [1.807, 2.05) is 17.1 Å². The summed E-state index contributed by atoms with van der Waals surface area (Å²) in [5, 5.41) is 9.56. The molecule has 0 amide bonds. The summed E-state index contributed by atoms with van der Waals surface area (Å²) < 4.78 is 0. The van der Waals surface area contributed by atoms with Crippen LogP contribution >= 0.6 is 0 Å². The maximum Gasteiger partial charge on any atom is 0.328 e. The molecule has 2 heterocycles. The van der Waals surface area contributed by atoms with E-state index in [4.69, 9.17) is 0 Å². The third-order valence-corrected chi connectivity index (χ3v) is 3.80. The Labute approximate surface area is 132 Å². The minimum atomic E-state index is -0.744. The van der Waals surface area contributed by atoms with E-state index < -0.39 is 17.1 Å². The van der Waals surface area contributed by atoms with E-state index in [1.165, 1.54) is 24.6 Å². The van der Waals surface area contributed by atoms with Crippen molar-refractivity contribution < 1.29 is 5.11 Å². The normalized spacial score (nSPS) is 13.7. The van der Waals surface area contributed by atoms with Crippen LogP contribution in [0.5, 0.6) is 5.88 Å². The summed E-state index contributed by atoms with van der Waals surface area (Å²) in [7, 11) is 0. The average molecular weight is 311 g/mol. The molecule has 0 saturated carbocycles. The van der Waals surface area contributed by atoms with E-state index in [0.717, 1.165) is 18.7 Å². The molecule has 1 fully saturated rings. The van der Waals surface area contributed by atoms with Crippen LogP contribution in [0.15, 0.2) is 39.6 Å². The first-order valence-corrected chi connectivity index (χ1v) is 7.46. The van der Waals surface area contributed by atoms with E-state index in [1.54, 1.807) is 6.08 Å². The molecule has 3 rings (SSSR count). The van der Waals surface area contributed by atoms with Crippen LogP contribution in [0.25, 0.3) is 12.2 Å². The monoisotopic (exact) mass is 311 g/mol. The van der Waals surface area contributed by atoms with Crippen molar-refractivity contribution >= 4 is 17.8 Å². The van der Waals surface area contributed by atoms with Crippen LogP contribution in [0.3, 0.4) is 0 Å². The largest absolute Gasteiger partial charge is 0.494 e. The first-order chi connectivity index (χ1) is 11.1. The van der Waals surface area contributed by atoms with Crippen LogP contribution < -0.4 is 16.1 Å². The fraction of sp³-hybridized carbons (Fsp3) is 0.235. The summed E-state index contributed by atoms with van der Waals surface area (Å²) in [6.45, 7) is 2.20. The smallest absolute Gasteiger partial charge is 0.328 e. The van der Waals surface area contributed by atoms with Gasteiger partial charge in [0.2, 0.25) is 5.88 Å². The van der Waals surface area contributed by atoms with Gasteiger partial charge in [0.15, 0.2) is 0 Å². The SMILES string of the molecule is O=c1[nH]c(O)c(C=C=Cc2ccc(N3CCCC3)cc2)c(=O)[nH]1. The molecule has 23 heavy (non-hydrogen) atoms. The molecule has 0 bridgehead atoms. The predicted octanol–water partition coefficient (Wildman–Crippen LogP) is 1.69. The summed E-state index contributed by atoms with van der Waals surface area (Å²) in [4.78, 5) is 29.1. The Balaban J connectivity index is 1.80. The van der Waals surface area contributed by atoms with Crippen LogP contribution in [0.1, 0.15) is 24.0 Å². The van der Waals surface area contributed by atoms with Crippen LogP contribution in [0, 0.1) is 0 Å². The zero-order valence-corrected chi connectivity index (χ0v) is 12.5. The third-order valence-electron chi connectivity index (χ3n) is 3.80. The number of nitrogens with one attached hydrogen (secondary N) is 2. The Morgan fingerprint density at radius 3 is 2.39 bits per heavy atom. The van der Waals surface area contributed by atoms with Gasteiger partial charge in [-0.1, -0.05) is 12.1 Å². The van der Waals surface area contributed by atoms with Crippen molar-refractivity contribution in [3.05, 3.63) is 62.0 Å². The molecule has 0 spiro atoms. The number of H-pyrrole nitrogens is 2. The molecule has 0 unspecified atom stereocenters. The van der Waals surface area contributed by atoms with Gasteiger partial charge in [-0.3, -0.25) is 14.8 Å². The first-order valence-electron chi connectivity index (χ1n) is 7.46. The van der Waals surface area contributed by atoms with Gasteiger partial charge in [-0.2, -0.15) is 0 Å². The van der Waals surface area contributed by atoms with Gasteiger partial charge in [0.25, 0.3) is 5.56 Å². The lowest BCUT2D eigenvalue weighted by Crippen LogP contribution is -2.23. The minimum absolute atomic E-state index is 0.0328. The maximum atomic E-state index is 11.6. The van der Waals surface area contributed by atoms with Crippen LogP contribution in [0.2, 0.25) is 0 Å². The number of anilines is 1. The van der Waals surface area contributed by atoms with Crippen molar-refractivity contribution in [1.29, 1.82) is 0 Å². The molecular weight excluding hydrogens is 294 g/mol. The van der Waals surface area contributed by atoms with E-state index in [0.29, 0.717) is 0 Å². The standard InChI is InChI=1S/C17H17N3O3/c21-15-14(16(22)19-17(23)18-15)5-3-4-12-6-8-13(9-7-12)20-10-1-2-11-20/h4-9H,1-2,10-11H2,(H3,18,19,21,22,23). The van der Waals surface area contributed by atoms with Gasteiger partial charge >= 0.3 is 5.69 Å². The molecule has 118 valence electrons.